The van der Waals surface area contributed by atoms with Gasteiger partial charge in [0.25, 0.3) is 0 Å². The molecule has 1 unspecified atom stereocenters. The zero-order valence-corrected chi connectivity index (χ0v) is 10.5. The lowest BCUT2D eigenvalue weighted by molar-refractivity contribution is 0.109. The van der Waals surface area contributed by atoms with Gasteiger partial charge in [-0.2, -0.15) is 0 Å². The zero-order valence-electron chi connectivity index (χ0n) is 10.5. The second-order valence-corrected chi connectivity index (χ2v) is 4.50. The van der Waals surface area contributed by atoms with Gasteiger partial charge in [0.15, 0.2) is 11.6 Å². The Morgan fingerprint density at radius 3 is 2.53 bits per heavy atom. The average Bonchev–Trinajstić information content (AvgIpc) is 2.31. The van der Waals surface area contributed by atoms with Crippen LogP contribution in [0.3, 0.4) is 0 Å². The molecule has 1 aromatic rings. The molecule has 1 aromatic carbocycles. The van der Waals surface area contributed by atoms with Gasteiger partial charge in [-0.1, -0.05) is 26.0 Å². The first-order valence-corrected chi connectivity index (χ1v) is 5.65. The van der Waals surface area contributed by atoms with E-state index in [1.54, 1.807) is 26.0 Å². The van der Waals surface area contributed by atoms with Crippen LogP contribution in [-0.4, -0.2) is 19.3 Å². The number of hydrogen-bond donors (Lipinski definition) is 1. The minimum Gasteiger partial charge on any atom is -0.494 e. The molecule has 0 bridgehead atoms. The Morgan fingerprint density at radius 1 is 1.41 bits per heavy atom. The van der Waals surface area contributed by atoms with Crippen molar-refractivity contribution < 1.29 is 13.5 Å². The van der Waals surface area contributed by atoms with Crippen LogP contribution in [0, 0.1) is 11.7 Å². The van der Waals surface area contributed by atoms with Crippen molar-refractivity contribution in [3.63, 3.8) is 0 Å². The maximum absolute atomic E-state index is 14.4. The van der Waals surface area contributed by atoms with Crippen molar-refractivity contribution in [3.8, 4) is 5.75 Å². The predicted octanol–water partition coefficient (Wildman–Crippen LogP) is 2.70. The number of benzene rings is 1. The maximum Gasteiger partial charge on any atom is 0.168 e. The summed E-state index contributed by atoms with van der Waals surface area (Å²) in [5, 5.41) is 0. The van der Waals surface area contributed by atoms with E-state index in [1.807, 2.05) is 0 Å². The Hall–Kier alpha value is -1.16. The molecule has 0 spiro atoms. The van der Waals surface area contributed by atoms with Gasteiger partial charge in [-0.3, -0.25) is 0 Å². The Labute approximate surface area is 101 Å². The first kappa shape index (κ1) is 13.9. The molecule has 0 amide bonds. The van der Waals surface area contributed by atoms with Crippen LogP contribution in [0.15, 0.2) is 18.2 Å². The van der Waals surface area contributed by atoms with Gasteiger partial charge >= 0.3 is 0 Å². The first-order chi connectivity index (χ1) is 7.94. The highest BCUT2D eigenvalue weighted by molar-refractivity contribution is 5.32. The number of rotatable bonds is 5. The third-order valence-corrected chi connectivity index (χ3v) is 3.12. The van der Waals surface area contributed by atoms with Gasteiger partial charge in [0.1, 0.15) is 5.67 Å². The number of nitrogens with two attached hydrogens (primary N) is 1. The summed E-state index contributed by atoms with van der Waals surface area (Å²) in [5.74, 6) is -0.644. The quantitative estimate of drug-likeness (QED) is 0.863. The molecule has 0 fully saturated rings. The molecular formula is C13H19F2NO. The molecule has 0 aromatic heterocycles. The second-order valence-electron chi connectivity index (χ2n) is 4.50. The van der Waals surface area contributed by atoms with Crippen molar-refractivity contribution >= 4 is 0 Å². The summed E-state index contributed by atoms with van der Waals surface area (Å²) in [7, 11) is 1.39. The number of alkyl halides is 1. The van der Waals surface area contributed by atoms with E-state index in [9.17, 15) is 8.78 Å². The van der Waals surface area contributed by atoms with Gasteiger partial charge < -0.3 is 10.5 Å². The maximum atomic E-state index is 14.4. The summed E-state index contributed by atoms with van der Waals surface area (Å²) in [6.07, 6.45) is -0.0375. The SMILES string of the molecule is COc1cccc(CC(F)(CN)C(C)C)c1F. The molecule has 0 saturated carbocycles. The number of ether oxygens (including phenoxy) is 1. The summed E-state index contributed by atoms with van der Waals surface area (Å²) < 4.78 is 33.1. The predicted molar refractivity (Wildman–Crippen MR) is 64.4 cm³/mol. The highest BCUT2D eigenvalue weighted by atomic mass is 19.1. The van der Waals surface area contributed by atoms with Crippen LogP contribution in [0.25, 0.3) is 0 Å². The van der Waals surface area contributed by atoms with Gasteiger partial charge in [0.05, 0.1) is 7.11 Å². The number of hydrogen-bond acceptors (Lipinski definition) is 2. The molecule has 2 nitrogen and oxygen atoms in total. The van der Waals surface area contributed by atoms with Crippen molar-refractivity contribution in [1.29, 1.82) is 0 Å². The van der Waals surface area contributed by atoms with Crippen LogP contribution < -0.4 is 10.5 Å². The Morgan fingerprint density at radius 2 is 2.06 bits per heavy atom. The summed E-state index contributed by atoms with van der Waals surface area (Å²) in [5.41, 5.74) is 4.15. The van der Waals surface area contributed by atoms with E-state index in [1.165, 1.54) is 13.2 Å². The minimum atomic E-state index is -1.59. The van der Waals surface area contributed by atoms with Crippen LogP contribution in [-0.2, 0) is 6.42 Å². The fraction of sp³-hybridized carbons (Fsp3) is 0.538. The molecule has 0 radical (unpaired) electrons. The largest absolute Gasteiger partial charge is 0.494 e. The summed E-state index contributed by atoms with van der Waals surface area (Å²) in [6, 6.07) is 4.72. The highest BCUT2D eigenvalue weighted by Crippen LogP contribution is 2.29. The van der Waals surface area contributed by atoms with E-state index in [2.05, 4.69) is 0 Å². The topological polar surface area (TPSA) is 35.2 Å². The van der Waals surface area contributed by atoms with Crippen molar-refractivity contribution in [3.05, 3.63) is 29.6 Å². The lowest BCUT2D eigenvalue weighted by Crippen LogP contribution is -2.40. The summed E-state index contributed by atoms with van der Waals surface area (Å²) >= 11 is 0. The fourth-order valence-electron chi connectivity index (χ4n) is 1.68. The first-order valence-electron chi connectivity index (χ1n) is 5.65. The molecule has 4 heteroatoms. The van der Waals surface area contributed by atoms with Crippen LogP contribution in [0.1, 0.15) is 19.4 Å². The van der Waals surface area contributed by atoms with Crippen molar-refractivity contribution in [2.75, 3.05) is 13.7 Å². The van der Waals surface area contributed by atoms with Crippen LogP contribution in [0.5, 0.6) is 5.75 Å². The van der Waals surface area contributed by atoms with E-state index in [4.69, 9.17) is 10.5 Å². The van der Waals surface area contributed by atoms with Gasteiger partial charge in [-0.15, -0.1) is 0 Å². The third-order valence-electron chi connectivity index (χ3n) is 3.12. The standard InChI is InChI=1S/C13H19F2NO/c1-9(2)13(15,8-16)7-10-5-4-6-11(17-3)12(10)14/h4-6,9H,7-8,16H2,1-3H3. The average molecular weight is 243 g/mol. The molecule has 0 saturated heterocycles. The lowest BCUT2D eigenvalue weighted by Gasteiger charge is -2.28. The number of halogens is 2. The van der Waals surface area contributed by atoms with Gasteiger partial charge in [0, 0.05) is 13.0 Å². The van der Waals surface area contributed by atoms with Gasteiger partial charge in [-0.05, 0) is 17.5 Å². The molecule has 0 aliphatic rings. The molecule has 2 N–H and O–H groups in total. The summed E-state index contributed by atoms with van der Waals surface area (Å²) in [6.45, 7) is 3.36. The summed E-state index contributed by atoms with van der Waals surface area (Å²) in [4.78, 5) is 0. The smallest absolute Gasteiger partial charge is 0.168 e. The number of methoxy groups -OCH3 is 1. The van der Waals surface area contributed by atoms with Crippen molar-refractivity contribution in [1.82, 2.24) is 0 Å². The Kier molecular flexibility index (Phi) is 4.46. The minimum absolute atomic E-state index is 0.0375. The van der Waals surface area contributed by atoms with Crippen molar-refractivity contribution in [2.24, 2.45) is 11.7 Å². The molecule has 1 atom stereocenters. The van der Waals surface area contributed by atoms with E-state index in [0.29, 0.717) is 5.56 Å². The molecule has 1 rings (SSSR count). The van der Waals surface area contributed by atoms with Crippen LogP contribution in [0.4, 0.5) is 8.78 Å². The van der Waals surface area contributed by atoms with Crippen LogP contribution in [0.2, 0.25) is 0 Å². The van der Waals surface area contributed by atoms with Crippen LogP contribution >= 0.6 is 0 Å². The Bertz CT molecular complexity index is 382. The molecular weight excluding hydrogens is 224 g/mol. The highest BCUT2D eigenvalue weighted by Gasteiger charge is 2.33. The molecule has 0 aliphatic carbocycles. The lowest BCUT2D eigenvalue weighted by atomic mass is 9.86. The normalized spacial score (nSPS) is 14.8. The van der Waals surface area contributed by atoms with Gasteiger partial charge in [-0.25, -0.2) is 8.78 Å². The third kappa shape index (κ3) is 2.94. The fourth-order valence-corrected chi connectivity index (χ4v) is 1.68. The van der Waals surface area contributed by atoms with E-state index in [0.717, 1.165) is 0 Å². The Balaban J connectivity index is 3.02. The van der Waals surface area contributed by atoms with E-state index >= 15 is 0 Å². The molecule has 0 heterocycles. The molecule has 96 valence electrons. The molecule has 0 aliphatic heterocycles. The van der Waals surface area contributed by atoms with Crippen molar-refractivity contribution in [2.45, 2.75) is 25.9 Å². The zero-order chi connectivity index (χ0) is 13.1. The second kappa shape index (κ2) is 5.45. The van der Waals surface area contributed by atoms with E-state index < -0.39 is 11.5 Å². The van der Waals surface area contributed by atoms with Gasteiger partial charge in [0.2, 0.25) is 0 Å². The van der Waals surface area contributed by atoms with E-state index in [-0.39, 0.29) is 24.6 Å². The molecule has 17 heavy (non-hydrogen) atoms. The monoisotopic (exact) mass is 243 g/mol.